The van der Waals surface area contributed by atoms with E-state index in [0.29, 0.717) is 6.42 Å². The number of hydrogen-bond acceptors (Lipinski definition) is 2. The molecule has 19 heavy (non-hydrogen) atoms. The number of rotatable bonds is 6. The number of unbranched alkanes of at least 4 members (excludes halogenated alkanes) is 2. The second kappa shape index (κ2) is 6.90. The summed E-state index contributed by atoms with van der Waals surface area (Å²) in [5.41, 5.74) is 0.905. The van der Waals surface area contributed by atoms with Crippen LogP contribution in [0.4, 0.5) is 0 Å². The van der Waals surface area contributed by atoms with Gasteiger partial charge < -0.3 is 10.2 Å². The molecule has 0 aromatic carbocycles. The van der Waals surface area contributed by atoms with Gasteiger partial charge in [0.15, 0.2) is 0 Å². The Morgan fingerprint density at radius 1 is 1.58 bits per heavy atom. The molecule has 0 amide bonds. The van der Waals surface area contributed by atoms with Crippen molar-refractivity contribution in [3.8, 4) is 0 Å². The second-order valence-electron chi connectivity index (χ2n) is 5.72. The van der Waals surface area contributed by atoms with Gasteiger partial charge in [0.05, 0.1) is 12.0 Å². The summed E-state index contributed by atoms with van der Waals surface area (Å²) in [5, 5.41) is 19.5. The smallest absolute Gasteiger partial charge is 0.306 e. The van der Waals surface area contributed by atoms with E-state index < -0.39 is 11.6 Å². The maximum atomic E-state index is 10.9. The van der Waals surface area contributed by atoms with Crippen molar-refractivity contribution in [2.45, 2.75) is 64.9 Å². The highest BCUT2D eigenvalue weighted by atomic mass is 16.4. The minimum Gasteiger partial charge on any atom is -0.481 e. The molecule has 1 aliphatic carbocycles. The van der Waals surface area contributed by atoms with E-state index in [4.69, 9.17) is 5.11 Å². The first-order chi connectivity index (χ1) is 8.89. The van der Waals surface area contributed by atoms with Gasteiger partial charge in [0.2, 0.25) is 0 Å². The first-order valence-corrected chi connectivity index (χ1v) is 7.17. The summed E-state index contributed by atoms with van der Waals surface area (Å²) >= 11 is 0. The highest BCUT2D eigenvalue weighted by Crippen LogP contribution is 2.38. The number of carboxylic acid groups (broad SMARTS) is 1. The first-order valence-electron chi connectivity index (χ1n) is 7.17. The lowest BCUT2D eigenvalue weighted by Crippen LogP contribution is -2.38. The van der Waals surface area contributed by atoms with Gasteiger partial charge in [-0.15, -0.1) is 0 Å². The third-order valence-corrected chi connectivity index (χ3v) is 4.14. The summed E-state index contributed by atoms with van der Waals surface area (Å²) in [7, 11) is 0. The van der Waals surface area contributed by atoms with Gasteiger partial charge >= 0.3 is 5.97 Å². The van der Waals surface area contributed by atoms with Crippen molar-refractivity contribution in [1.29, 1.82) is 0 Å². The third kappa shape index (κ3) is 4.50. The highest BCUT2D eigenvalue weighted by molar-refractivity contribution is 5.69. The van der Waals surface area contributed by atoms with Crippen LogP contribution in [0, 0.1) is 5.92 Å². The van der Waals surface area contributed by atoms with E-state index in [0.717, 1.165) is 18.4 Å². The van der Waals surface area contributed by atoms with Crippen molar-refractivity contribution >= 4 is 5.97 Å². The lowest BCUT2D eigenvalue weighted by atomic mass is 9.74. The van der Waals surface area contributed by atoms with Gasteiger partial charge in [-0.25, -0.2) is 0 Å². The Bertz CT molecular complexity index is 381. The zero-order valence-electron chi connectivity index (χ0n) is 12.3. The van der Waals surface area contributed by atoms with Gasteiger partial charge in [-0.05, 0) is 44.6 Å². The van der Waals surface area contributed by atoms with Crippen molar-refractivity contribution in [1.82, 2.24) is 0 Å². The van der Waals surface area contributed by atoms with Crippen LogP contribution in [0.5, 0.6) is 0 Å². The van der Waals surface area contributed by atoms with Crippen LogP contribution in [0.2, 0.25) is 0 Å². The topological polar surface area (TPSA) is 57.5 Å². The van der Waals surface area contributed by atoms with E-state index in [1.165, 1.54) is 18.4 Å². The SMILES string of the molecule is CCCCC=C(C)C1CC=C(C)C(O)(CC(=O)O)C1. The minimum absolute atomic E-state index is 0.200. The normalized spacial score (nSPS) is 28.1. The molecule has 0 saturated heterocycles. The molecule has 1 rings (SSSR count). The first kappa shape index (κ1) is 16.0. The quantitative estimate of drug-likeness (QED) is 0.569. The summed E-state index contributed by atoms with van der Waals surface area (Å²) in [5.74, 6) is -0.673. The molecule has 2 N–H and O–H groups in total. The molecule has 2 atom stereocenters. The molecular weight excluding hydrogens is 240 g/mol. The average Bonchev–Trinajstić information content (AvgIpc) is 2.32. The zero-order chi connectivity index (χ0) is 14.5. The monoisotopic (exact) mass is 266 g/mol. The Hall–Kier alpha value is -1.09. The predicted molar refractivity (Wildman–Crippen MR) is 77.0 cm³/mol. The Labute approximate surface area is 116 Å². The van der Waals surface area contributed by atoms with Gasteiger partial charge in [0, 0.05) is 0 Å². The number of carboxylic acids is 1. The fourth-order valence-corrected chi connectivity index (χ4v) is 2.67. The van der Waals surface area contributed by atoms with Crippen LogP contribution in [0.1, 0.15) is 59.3 Å². The van der Waals surface area contributed by atoms with Crippen molar-refractivity contribution in [3.05, 3.63) is 23.3 Å². The van der Waals surface area contributed by atoms with E-state index >= 15 is 0 Å². The minimum atomic E-state index is -1.17. The largest absolute Gasteiger partial charge is 0.481 e. The summed E-state index contributed by atoms with van der Waals surface area (Å²) in [6.45, 7) is 6.09. The molecule has 108 valence electrons. The summed E-state index contributed by atoms with van der Waals surface area (Å²) < 4.78 is 0. The Balaban J connectivity index is 2.75. The summed E-state index contributed by atoms with van der Waals surface area (Å²) in [4.78, 5) is 10.9. The molecule has 0 bridgehead atoms. The van der Waals surface area contributed by atoms with Gasteiger partial charge in [0.1, 0.15) is 0 Å². The molecule has 0 heterocycles. The Morgan fingerprint density at radius 2 is 2.26 bits per heavy atom. The van der Waals surface area contributed by atoms with Gasteiger partial charge in [-0.2, -0.15) is 0 Å². The average molecular weight is 266 g/mol. The summed E-state index contributed by atoms with van der Waals surface area (Å²) in [6.07, 6.45) is 8.89. The van der Waals surface area contributed by atoms with Crippen molar-refractivity contribution < 1.29 is 15.0 Å². The van der Waals surface area contributed by atoms with Crippen LogP contribution in [-0.4, -0.2) is 21.8 Å². The Morgan fingerprint density at radius 3 is 2.84 bits per heavy atom. The number of hydrogen-bond donors (Lipinski definition) is 2. The van der Waals surface area contributed by atoms with Gasteiger partial charge in [0.25, 0.3) is 0 Å². The fraction of sp³-hybridized carbons (Fsp3) is 0.688. The molecule has 3 heteroatoms. The molecule has 0 aromatic heterocycles. The number of aliphatic carboxylic acids is 1. The van der Waals surface area contributed by atoms with Crippen molar-refractivity contribution in [3.63, 3.8) is 0 Å². The van der Waals surface area contributed by atoms with Gasteiger partial charge in [-0.3, -0.25) is 4.79 Å². The molecule has 0 radical (unpaired) electrons. The molecule has 2 unspecified atom stereocenters. The molecule has 1 aliphatic rings. The predicted octanol–water partition coefficient (Wildman–Crippen LogP) is 3.69. The van der Waals surface area contributed by atoms with Crippen LogP contribution in [-0.2, 0) is 4.79 Å². The van der Waals surface area contributed by atoms with Gasteiger partial charge in [-0.1, -0.05) is 37.5 Å². The van der Waals surface area contributed by atoms with E-state index in [1.807, 2.05) is 13.0 Å². The number of aliphatic hydroxyl groups is 1. The number of allylic oxidation sites excluding steroid dienone is 3. The zero-order valence-corrected chi connectivity index (χ0v) is 12.3. The van der Waals surface area contributed by atoms with Crippen LogP contribution in [0.25, 0.3) is 0 Å². The molecule has 0 spiro atoms. The lowest BCUT2D eigenvalue weighted by Gasteiger charge is -2.36. The van der Waals surface area contributed by atoms with Crippen LogP contribution in [0.15, 0.2) is 23.3 Å². The maximum absolute atomic E-state index is 10.9. The van der Waals surface area contributed by atoms with Crippen molar-refractivity contribution in [2.24, 2.45) is 5.92 Å². The molecular formula is C16H26O3. The van der Waals surface area contributed by atoms with Crippen LogP contribution < -0.4 is 0 Å². The summed E-state index contributed by atoms with van der Waals surface area (Å²) in [6, 6.07) is 0. The maximum Gasteiger partial charge on any atom is 0.306 e. The van der Waals surface area contributed by atoms with Crippen molar-refractivity contribution in [2.75, 3.05) is 0 Å². The molecule has 0 fully saturated rings. The highest BCUT2D eigenvalue weighted by Gasteiger charge is 2.37. The second-order valence-corrected chi connectivity index (χ2v) is 5.72. The molecule has 0 saturated carbocycles. The van der Waals surface area contributed by atoms with E-state index in [2.05, 4.69) is 19.9 Å². The van der Waals surface area contributed by atoms with Crippen LogP contribution in [0.3, 0.4) is 0 Å². The number of carbonyl (C=O) groups is 1. The molecule has 3 nitrogen and oxygen atoms in total. The fourth-order valence-electron chi connectivity index (χ4n) is 2.67. The van der Waals surface area contributed by atoms with E-state index in [-0.39, 0.29) is 12.3 Å². The third-order valence-electron chi connectivity index (χ3n) is 4.14. The lowest BCUT2D eigenvalue weighted by molar-refractivity contribution is -0.141. The van der Waals surface area contributed by atoms with Crippen LogP contribution >= 0.6 is 0 Å². The van der Waals surface area contributed by atoms with E-state index in [1.54, 1.807) is 0 Å². The van der Waals surface area contributed by atoms with E-state index in [9.17, 15) is 9.90 Å². The molecule has 0 aromatic rings. The Kier molecular flexibility index (Phi) is 5.80. The standard InChI is InChI=1S/C16H26O3/c1-4-5-6-7-12(2)14-9-8-13(3)16(19,10-14)11-15(17)18/h7-8,14,19H,4-6,9-11H2,1-3H3,(H,17,18). The molecule has 0 aliphatic heterocycles.